The van der Waals surface area contributed by atoms with Crippen LogP contribution >= 0.6 is 11.6 Å². The number of fused-ring (bicyclic) bond motifs is 1. The zero-order chi connectivity index (χ0) is 15.0. The van der Waals surface area contributed by atoms with E-state index in [0.717, 1.165) is 0 Å². The van der Waals surface area contributed by atoms with Crippen LogP contribution in [-0.2, 0) is 14.2 Å². The highest BCUT2D eigenvalue weighted by molar-refractivity contribution is 6.31. The molecule has 0 spiro atoms. The van der Waals surface area contributed by atoms with Gasteiger partial charge in [-0.15, -0.1) is 0 Å². The molecule has 2 saturated heterocycles. The van der Waals surface area contributed by atoms with Crippen LogP contribution in [0.1, 0.15) is 6.92 Å². The van der Waals surface area contributed by atoms with Crippen molar-refractivity contribution < 1.29 is 24.4 Å². The molecule has 0 amide bonds. The maximum absolute atomic E-state index is 10.2. The van der Waals surface area contributed by atoms with Gasteiger partial charge in [0, 0.05) is 6.20 Å². The molecule has 21 heavy (non-hydrogen) atoms. The summed E-state index contributed by atoms with van der Waals surface area (Å²) >= 11 is 5.96. The summed E-state index contributed by atoms with van der Waals surface area (Å²) in [6.45, 7) is 2.02. The second-order valence-electron chi connectivity index (χ2n) is 5.06. The monoisotopic (exact) mass is 316 g/mol. The summed E-state index contributed by atoms with van der Waals surface area (Å²) in [5, 5.41) is 23.6. The number of aromatic nitrogens is 1. The van der Waals surface area contributed by atoms with Gasteiger partial charge in [0.25, 0.3) is 0 Å². The first kappa shape index (κ1) is 15.0. The molecular weight excluding hydrogens is 300 g/mol. The molecule has 2 aliphatic rings. The third kappa shape index (κ3) is 2.98. The average Bonchev–Trinajstić information content (AvgIpc) is 2.47. The molecule has 1 aromatic heterocycles. The SMILES string of the molecule is CC1OC[C@H]2O[C@@H](Nc3cccnc3Cl)[C@H](O)[C@@H](O)[C@@H]2O1. The Kier molecular flexibility index (Phi) is 4.30. The molecule has 3 rings (SSSR count). The molecule has 2 aliphatic heterocycles. The predicted molar refractivity (Wildman–Crippen MR) is 73.8 cm³/mol. The normalized spacial score (nSPS) is 39.6. The maximum atomic E-state index is 10.2. The van der Waals surface area contributed by atoms with Gasteiger partial charge in [-0.3, -0.25) is 0 Å². The van der Waals surface area contributed by atoms with E-state index in [4.69, 9.17) is 25.8 Å². The van der Waals surface area contributed by atoms with Crippen molar-refractivity contribution in [1.29, 1.82) is 0 Å². The number of hydrogen-bond donors (Lipinski definition) is 3. The third-order valence-electron chi connectivity index (χ3n) is 3.59. The Morgan fingerprint density at radius 1 is 1.33 bits per heavy atom. The smallest absolute Gasteiger partial charge is 0.157 e. The van der Waals surface area contributed by atoms with Crippen LogP contribution in [0.5, 0.6) is 0 Å². The topological polar surface area (TPSA) is 93.1 Å². The third-order valence-corrected chi connectivity index (χ3v) is 3.89. The number of hydrogen-bond acceptors (Lipinski definition) is 7. The fourth-order valence-electron chi connectivity index (χ4n) is 2.50. The Labute approximate surface area is 126 Å². The van der Waals surface area contributed by atoms with E-state index in [1.807, 2.05) is 0 Å². The molecule has 116 valence electrons. The first-order valence-electron chi connectivity index (χ1n) is 6.72. The number of nitrogens with zero attached hydrogens (tertiary/aromatic N) is 1. The number of aliphatic hydroxyl groups excluding tert-OH is 2. The van der Waals surface area contributed by atoms with Crippen molar-refractivity contribution in [2.24, 2.45) is 0 Å². The standard InChI is InChI=1S/C13H17ClN2O5/c1-6-19-5-8-11(20-6)9(17)10(18)13(21-8)16-7-3-2-4-15-12(7)14/h2-4,6,8-11,13,16-18H,5H2,1H3/t6?,8-,9-,10-,11-,13-/m1/s1. The van der Waals surface area contributed by atoms with E-state index in [1.165, 1.54) is 0 Å². The van der Waals surface area contributed by atoms with Crippen LogP contribution < -0.4 is 5.32 Å². The molecular formula is C13H17ClN2O5. The van der Waals surface area contributed by atoms with Crippen molar-refractivity contribution >= 4 is 17.3 Å². The van der Waals surface area contributed by atoms with E-state index in [2.05, 4.69) is 10.3 Å². The fraction of sp³-hybridized carbons (Fsp3) is 0.615. The van der Waals surface area contributed by atoms with Gasteiger partial charge >= 0.3 is 0 Å². The molecule has 6 atom stereocenters. The van der Waals surface area contributed by atoms with Gasteiger partial charge in [0.2, 0.25) is 0 Å². The second-order valence-corrected chi connectivity index (χ2v) is 5.42. The molecule has 7 nitrogen and oxygen atoms in total. The second kappa shape index (κ2) is 6.04. The van der Waals surface area contributed by atoms with Gasteiger partial charge in [0.1, 0.15) is 24.4 Å². The van der Waals surface area contributed by atoms with Crippen LogP contribution in [-0.4, -0.2) is 58.7 Å². The summed E-state index contributed by atoms with van der Waals surface area (Å²) < 4.78 is 16.5. The highest BCUT2D eigenvalue weighted by atomic mass is 35.5. The lowest BCUT2D eigenvalue weighted by Gasteiger charge is -2.46. The van der Waals surface area contributed by atoms with Crippen molar-refractivity contribution in [2.45, 2.75) is 43.9 Å². The minimum atomic E-state index is -1.16. The first-order chi connectivity index (χ1) is 10.1. The molecule has 1 unspecified atom stereocenters. The summed E-state index contributed by atoms with van der Waals surface area (Å²) in [5.41, 5.74) is 0.514. The summed E-state index contributed by atoms with van der Waals surface area (Å²) in [6, 6.07) is 3.41. The number of anilines is 1. The van der Waals surface area contributed by atoms with Crippen LogP contribution in [0, 0.1) is 0 Å². The van der Waals surface area contributed by atoms with E-state index in [9.17, 15) is 10.2 Å². The lowest BCUT2D eigenvalue weighted by Crippen LogP contribution is -2.64. The highest BCUT2D eigenvalue weighted by Gasteiger charge is 2.48. The maximum Gasteiger partial charge on any atom is 0.157 e. The zero-order valence-corrected chi connectivity index (χ0v) is 12.1. The molecule has 1 aromatic rings. The lowest BCUT2D eigenvalue weighted by atomic mass is 9.97. The molecule has 0 bridgehead atoms. The van der Waals surface area contributed by atoms with Gasteiger partial charge in [-0.25, -0.2) is 4.98 Å². The van der Waals surface area contributed by atoms with Gasteiger partial charge in [-0.05, 0) is 19.1 Å². The number of pyridine rings is 1. The molecule has 3 heterocycles. The molecule has 2 fully saturated rings. The number of rotatable bonds is 2. The average molecular weight is 317 g/mol. The summed E-state index contributed by atoms with van der Waals surface area (Å²) in [7, 11) is 0. The summed E-state index contributed by atoms with van der Waals surface area (Å²) in [6.07, 6.45) is -3.03. The summed E-state index contributed by atoms with van der Waals surface area (Å²) in [5.74, 6) is 0. The Hall–Kier alpha value is -0.960. The van der Waals surface area contributed by atoms with Crippen LogP contribution in [0.3, 0.4) is 0 Å². The predicted octanol–water partition coefficient (Wildman–Crippen LogP) is 0.355. The largest absolute Gasteiger partial charge is 0.387 e. The number of nitrogens with one attached hydrogen (secondary N) is 1. The first-order valence-corrected chi connectivity index (χ1v) is 7.10. The Bertz CT molecular complexity index is 503. The van der Waals surface area contributed by atoms with E-state index >= 15 is 0 Å². The van der Waals surface area contributed by atoms with Crippen molar-refractivity contribution in [3.05, 3.63) is 23.5 Å². The van der Waals surface area contributed by atoms with Crippen LogP contribution in [0.25, 0.3) is 0 Å². The van der Waals surface area contributed by atoms with Crippen LogP contribution in [0.15, 0.2) is 18.3 Å². The van der Waals surface area contributed by atoms with Gasteiger partial charge in [0.05, 0.1) is 12.3 Å². The zero-order valence-electron chi connectivity index (χ0n) is 11.3. The minimum Gasteiger partial charge on any atom is -0.387 e. The minimum absolute atomic E-state index is 0.259. The molecule has 0 radical (unpaired) electrons. The Balaban J connectivity index is 1.74. The number of aliphatic hydroxyl groups is 2. The van der Waals surface area contributed by atoms with Crippen LogP contribution in [0.4, 0.5) is 5.69 Å². The summed E-state index contributed by atoms with van der Waals surface area (Å²) in [4.78, 5) is 3.93. The number of ether oxygens (including phenoxy) is 3. The van der Waals surface area contributed by atoms with E-state index in [-0.39, 0.29) is 11.8 Å². The van der Waals surface area contributed by atoms with Crippen molar-refractivity contribution in [3.8, 4) is 0 Å². The van der Waals surface area contributed by atoms with Gasteiger partial charge in [-0.1, -0.05) is 11.6 Å². The Morgan fingerprint density at radius 2 is 2.14 bits per heavy atom. The van der Waals surface area contributed by atoms with Crippen molar-refractivity contribution in [1.82, 2.24) is 4.98 Å². The molecule has 8 heteroatoms. The van der Waals surface area contributed by atoms with Crippen LogP contribution in [0.2, 0.25) is 5.15 Å². The quantitative estimate of drug-likeness (QED) is 0.678. The fourth-order valence-corrected chi connectivity index (χ4v) is 2.67. The van der Waals surface area contributed by atoms with Crippen molar-refractivity contribution in [3.63, 3.8) is 0 Å². The van der Waals surface area contributed by atoms with Gasteiger partial charge in [-0.2, -0.15) is 0 Å². The van der Waals surface area contributed by atoms with Crippen molar-refractivity contribution in [2.75, 3.05) is 11.9 Å². The molecule has 0 saturated carbocycles. The number of halogens is 1. The molecule has 3 N–H and O–H groups in total. The highest BCUT2D eigenvalue weighted by Crippen LogP contribution is 2.30. The van der Waals surface area contributed by atoms with Gasteiger partial charge < -0.3 is 29.7 Å². The van der Waals surface area contributed by atoms with E-state index < -0.39 is 36.9 Å². The molecule has 0 aliphatic carbocycles. The Morgan fingerprint density at radius 3 is 2.90 bits per heavy atom. The van der Waals surface area contributed by atoms with E-state index in [0.29, 0.717) is 5.69 Å². The molecule has 0 aromatic carbocycles. The van der Waals surface area contributed by atoms with E-state index in [1.54, 1.807) is 25.3 Å². The lowest BCUT2D eigenvalue weighted by molar-refractivity contribution is -0.317. The van der Waals surface area contributed by atoms with Gasteiger partial charge in [0.15, 0.2) is 17.7 Å².